The highest BCUT2D eigenvalue weighted by atomic mass is 16.2. The van der Waals surface area contributed by atoms with Crippen molar-refractivity contribution in [2.45, 2.75) is 32.1 Å². The molecule has 1 saturated heterocycles. The molecule has 1 amide bonds. The quantitative estimate of drug-likeness (QED) is 0.874. The van der Waals surface area contributed by atoms with E-state index in [0.29, 0.717) is 5.92 Å². The number of likely N-dealkylation sites (tertiary alicyclic amines) is 1. The molecule has 23 heavy (non-hydrogen) atoms. The monoisotopic (exact) mass is 309 g/mol. The van der Waals surface area contributed by atoms with Gasteiger partial charge in [0.15, 0.2) is 0 Å². The minimum Gasteiger partial charge on any atom is -0.338 e. The first-order valence-corrected chi connectivity index (χ1v) is 8.57. The first kappa shape index (κ1) is 14.5. The average Bonchev–Trinajstić information content (AvgIpc) is 3.27. The van der Waals surface area contributed by atoms with Crippen LogP contribution in [0.5, 0.6) is 0 Å². The van der Waals surface area contributed by atoms with Crippen LogP contribution in [-0.4, -0.2) is 33.7 Å². The normalized spacial score (nSPS) is 20.0. The van der Waals surface area contributed by atoms with E-state index in [-0.39, 0.29) is 5.91 Å². The molecule has 2 aliphatic rings. The largest absolute Gasteiger partial charge is 0.338 e. The summed E-state index contributed by atoms with van der Waals surface area (Å²) in [4.78, 5) is 14.8. The molecule has 1 atom stereocenters. The first-order chi connectivity index (χ1) is 11.2. The van der Waals surface area contributed by atoms with Crippen molar-refractivity contribution in [1.82, 2.24) is 14.7 Å². The van der Waals surface area contributed by atoms with Crippen LogP contribution >= 0.6 is 0 Å². The number of fused-ring (bicyclic) bond motifs is 1. The van der Waals surface area contributed by atoms with Crippen molar-refractivity contribution in [2.24, 2.45) is 13.0 Å². The second-order valence-corrected chi connectivity index (χ2v) is 6.97. The zero-order valence-corrected chi connectivity index (χ0v) is 13.7. The molecule has 1 aliphatic heterocycles. The van der Waals surface area contributed by atoms with E-state index in [9.17, 15) is 4.79 Å². The molecule has 4 rings (SSSR count). The highest BCUT2D eigenvalue weighted by molar-refractivity contribution is 5.94. The summed E-state index contributed by atoms with van der Waals surface area (Å²) in [6.07, 6.45) is 9.63. The third kappa shape index (κ3) is 2.90. The van der Waals surface area contributed by atoms with Crippen molar-refractivity contribution < 1.29 is 4.79 Å². The van der Waals surface area contributed by atoms with Gasteiger partial charge in [0.2, 0.25) is 0 Å². The Kier molecular flexibility index (Phi) is 3.68. The number of hydrogen-bond donors (Lipinski definition) is 0. The van der Waals surface area contributed by atoms with Crippen LogP contribution in [0.15, 0.2) is 30.6 Å². The highest BCUT2D eigenvalue weighted by Crippen LogP contribution is 2.26. The lowest BCUT2D eigenvalue weighted by atomic mass is 10.0. The summed E-state index contributed by atoms with van der Waals surface area (Å²) in [5, 5.41) is 4.23. The van der Waals surface area contributed by atoms with Crippen LogP contribution in [0.25, 0.3) is 0 Å². The Morgan fingerprint density at radius 1 is 1.30 bits per heavy atom. The van der Waals surface area contributed by atoms with Gasteiger partial charge in [0.05, 0.1) is 6.20 Å². The molecule has 2 aromatic rings. The Morgan fingerprint density at radius 2 is 2.17 bits per heavy atom. The van der Waals surface area contributed by atoms with Crippen LogP contribution in [0.3, 0.4) is 0 Å². The van der Waals surface area contributed by atoms with E-state index in [1.54, 1.807) is 0 Å². The van der Waals surface area contributed by atoms with Crippen molar-refractivity contribution in [2.75, 3.05) is 13.1 Å². The summed E-state index contributed by atoms with van der Waals surface area (Å²) in [6, 6.07) is 6.29. The summed E-state index contributed by atoms with van der Waals surface area (Å²) in [7, 11) is 1.95. The summed E-state index contributed by atoms with van der Waals surface area (Å²) >= 11 is 0. The standard InChI is InChI=1S/C19H23N3O/c1-21-12-15(11-20-21)9-14-7-8-22(13-14)19(23)18-6-5-16-3-2-4-17(16)10-18/h5-6,10-12,14H,2-4,7-9,13H2,1H3. The maximum atomic E-state index is 12.8. The SMILES string of the molecule is Cn1cc(CC2CCN(C(=O)c3ccc4c(c3)CCC4)C2)cn1. The third-order valence-corrected chi connectivity index (χ3v) is 5.20. The average molecular weight is 309 g/mol. The molecule has 2 heterocycles. The van der Waals surface area contributed by atoms with Crippen molar-refractivity contribution in [1.29, 1.82) is 0 Å². The Morgan fingerprint density at radius 3 is 3.00 bits per heavy atom. The number of hydrogen-bond acceptors (Lipinski definition) is 2. The number of benzene rings is 1. The number of amides is 1. The summed E-state index contributed by atoms with van der Waals surface area (Å²) in [6.45, 7) is 1.74. The molecule has 4 nitrogen and oxygen atoms in total. The summed E-state index contributed by atoms with van der Waals surface area (Å²) in [5.41, 5.74) is 4.94. The predicted octanol–water partition coefficient (Wildman–Crippen LogP) is 2.61. The van der Waals surface area contributed by atoms with E-state index in [2.05, 4.69) is 23.4 Å². The van der Waals surface area contributed by atoms with Gasteiger partial charge in [-0.3, -0.25) is 9.48 Å². The maximum absolute atomic E-state index is 12.8. The lowest BCUT2D eigenvalue weighted by Crippen LogP contribution is -2.29. The van der Waals surface area contributed by atoms with Crippen molar-refractivity contribution in [3.05, 3.63) is 52.8 Å². The smallest absolute Gasteiger partial charge is 0.253 e. The zero-order chi connectivity index (χ0) is 15.8. The molecule has 1 aliphatic carbocycles. The minimum atomic E-state index is 0.202. The Hall–Kier alpha value is -2.10. The molecular weight excluding hydrogens is 286 g/mol. The molecule has 0 spiro atoms. The van der Waals surface area contributed by atoms with Crippen LogP contribution in [0.2, 0.25) is 0 Å². The zero-order valence-electron chi connectivity index (χ0n) is 13.7. The van der Waals surface area contributed by atoms with Crippen molar-refractivity contribution in [3.63, 3.8) is 0 Å². The van der Waals surface area contributed by atoms with Crippen LogP contribution in [0, 0.1) is 5.92 Å². The fourth-order valence-electron chi connectivity index (χ4n) is 3.98. The lowest BCUT2D eigenvalue weighted by Gasteiger charge is -2.17. The van der Waals surface area contributed by atoms with Gasteiger partial charge in [0, 0.05) is 31.9 Å². The van der Waals surface area contributed by atoms with Gasteiger partial charge >= 0.3 is 0 Å². The van der Waals surface area contributed by atoms with Gasteiger partial charge in [-0.2, -0.15) is 5.10 Å². The van der Waals surface area contributed by atoms with Crippen LogP contribution in [0.1, 0.15) is 39.9 Å². The fraction of sp³-hybridized carbons (Fsp3) is 0.474. The van der Waals surface area contributed by atoms with Gasteiger partial charge in [-0.15, -0.1) is 0 Å². The third-order valence-electron chi connectivity index (χ3n) is 5.20. The second-order valence-electron chi connectivity index (χ2n) is 6.97. The first-order valence-electron chi connectivity index (χ1n) is 8.57. The molecule has 1 unspecified atom stereocenters. The number of nitrogens with zero attached hydrogens (tertiary/aromatic N) is 3. The lowest BCUT2D eigenvalue weighted by molar-refractivity contribution is 0.0787. The van der Waals surface area contributed by atoms with Gasteiger partial charge in [0.1, 0.15) is 0 Å². The highest BCUT2D eigenvalue weighted by Gasteiger charge is 2.27. The Balaban J connectivity index is 1.42. The van der Waals surface area contributed by atoms with E-state index in [4.69, 9.17) is 0 Å². The molecule has 0 saturated carbocycles. The van der Waals surface area contributed by atoms with Gasteiger partial charge in [-0.05, 0) is 66.8 Å². The number of aromatic nitrogens is 2. The van der Waals surface area contributed by atoms with E-state index in [0.717, 1.165) is 37.9 Å². The van der Waals surface area contributed by atoms with Gasteiger partial charge in [-0.1, -0.05) is 6.07 Å². The van der Waals surface area contributed by atoms with Crippen LogP contribution in [0.4, 0.5) is 0 Å². The van der Waals surface area contributed by atoms with Crippen LogP contribution < -0.4 is 0 Å². The molecule has 0 radical (unpaired) electrons. The number of rotatable bonds is 3. The van der Waals surface area contributed by atoms with E-state index in [1.807, 2.05) is 28.9 Å². The second kappa shape index (κ2) is 5.84. The molecule has 120 valence electrons. The molecule has 1 aromatic carbocycles. The van der Waals surface area contributed by atoms with E-state index in [1.165, 1.54) is 29.5 Å². The van der Waals surface area contributed by atoms with E-state index >= 15 is 0 Å². The molecule has 0 bridgehead atoms. The maximum Gasteiger partial charge on any atom is 0.253 e. The number of carbonyl (C=O) groups is 1. The van der Waals surface area contributed by atoms with Crippen molar-refractivity contribution in [3.8, 4) is 0 Å². The van der Waals surface area contributed by atoms with E-state index < -0.39 is 0 Å². The Labute approximate surface area is 137 Å². The van der Waals surface area contributed by atoms with Crippen LogP contribution in [-0.2, 0) is 26.3 Å². The fourth-order valence-corrected chi connectivity index (χ4v) is 3.98. The van der Waals surface area contributed by atoms with Gasteiger partial charge in [-0.25, -0.2) is 0 Å². The molecule has 1 fully saturated rings. The minimum absolute atomic E-state index is 0.202. The number of aryl methyl sites for hydroxylation is 3. The molecule has 0 N–H and O–H groups in total. The summed E-state index contributed by atoms with van der Waals surface area (Å²) < 4.78 is 1.84. The molecular formula is C19H23N3O. The predicted molar refractivity (Wildman–Crippen MR) is 89.4 cm³/mol. The van der Waals surface area contributed by atoms with Gasteiger partial charge in [0.25, 0.3) is 5.91 Å². The summed E-state index contributed by atoms with van der Waals surface area (Å²) in [5.74, 6) is 0.756. The topological polar surface area (TPSA) is 38.1 Å². The molecule has 1 aromatic heterocycles. The Bertz CT molecular complexity index is 734. The number of carbonyl (C=O) groups excluding carboxylic acids is 1. The molecule has 4 heteroatoms. The van der Waals surface area contributed by atoms with Gasteiger partial charge < -0.3 is 4.90 Å². The van der Waals surface area contributed by atoms with Crippen molar-refractivity contribution >= 4 is 5.91 Å².